The molecule has 0 radical (unpaired) electrons. The summed E-state index contributed by atoms with van der Waals surface area (Å²) in [6.45, 7) is 4.09. The van der Waals surface area contributed by atoms with E-state index in [1.165, 1.54) is 0 Å². The van der Waals surface area contributed by atoms with E-state index < -0.39 is 0 Å². The molecule has 0 saturated carbocycles. The highest BCUT2D eigenvalue weighted by Gasteiger charge is 2.16. The summed E-state index contributed by atoms with van der Waals surface area (Å²) in [5, 5.41) is 9.25. The normalized spacial score (nSPS) is 15.0. The van der Waals surface area contributed by atoms with Crippen LogP contribution in [0.5, 0.6) is 0 Å². The molecule has 7 nitrogen and oxygen atoms in total. The zero-order valence-corrected chi connectivity index (χ0v) is 17.4. The van der Waals surface area contributed by atoms with E-state index in [0.29, 0.717) is 11.4 Å². The molecular formula is C24H25N5O2. The number of nitrogens with one attached hydrogen (secondary N) is 2. The zero-order chi connectivity index (χ0) is 21.4. The first-order chi connectivity index (χ1) is 15.1. The fourth-order valence-corrected chi connectivity index (χ4v) is 4.01. The number of aromatic amines is 2. The Labute approximate surface area is 180 Å². The van der Waals surface area contributed by atoms with E-state index in [1.54, 1.807) is 6.20 Å². The molecule has 3 heterocycles. The summed E-state index contributed by atoms with van der Waals surface area (Å²) in [5.74, 6) is 0.556. The molecule has 1 saturated heterocycles. The molecule has 2 aromatic heterocycles. The number of pyridine rings is 1. The Bertz CT molecular complexity index is 1270. The lowest BCUT2D eigenvalue weighted by molar-refractivity contribution is 0.282. The maximum Gasteiger partial charge on any atom is 0.259 e. The number of imidazole rings is 1. The largest absolute Gasteiger partial charge is 0.392 e. The Kier molecular flexibility index (Phi) is 5.05. The molecule has 0 unspecified atom stereocenters. The second-order valence-corrected chi connectivity index (χ2v) is 8.06. The molecule has 0 atom stereocenters. The van der Waals surface area contributed by atoms with Gasteiger partial charge in [0.1, 0.15) is 5.82 Å². The molecule has 7 heteroatoms. The van der Waals surface area contributed by atoms with Crippen molar-refractivity contribution in [3.63, 3.8) is 0 Å². The van der Waals surface area contributed by atoms with Crippen LogP contribution in [-0.2, 0) is 6.61 Å². The average Bonchev–Trinajstić information content (AvgIpc) is 3.23. The van der Waals surface area contributed by atoms with E-state index in [1.807, 2.05) is 36.4 Å². The summed E-state index contributed by atoms with van der Waals surface area (Å²) in [6.07, 6.45) is 1.70. The van der Waals surface area contributed by atoms with Crippen LogP contribution in [0.25, 0.3) is 33.5 Å². The van der Waals surface area contributed by atoms with Gasteiger partial charge in [-0.2, -0.15) is 0 Å². The molecular weight excluding hydrogens is 390 g/mol. The second-order valence-electron chi connectivity index (χ2n) is 8.06. The van der Waals surface area contributed by atoms with Gasteiger partial charge in [-0.25, -0.2) is 4.98 Å². The van der Waals surface area contributed by atoms with E-state index in [4.69, 9.17) is 4.98 Å². The van der Waals surface area contributed by atoms with E-state index in [-0.39, 0.29) is 12.2 Å². The van der Waals surface area contributed by atoms with Crippen molar-refractivity contribution in [2.24, 2.45) is 0 Å². The standard InChI is InChI=1S/C24H25N5O2/c1-28-8-10-29(11-9-28)19-6-7-21-22(13-19)27-23(26-21)20-12-18(14-25-24(20)31)17-4-2-16(15-30)3-5-17/h2-7,12-14,30H,8-11,15H2,1H3,(H,25,31)(H,26,27). The monoisotopic (exact) mass is 415 g/mol. The number of benzene rings is 2. The van der Waals surface area contributed by atoms with E-state index in [9.17, 15) is 9.90 Å². The van der Waals surface area contributed by atoms with E-state index in [0.717, 1.165) is 59.6 Å². The summed E-state index contributed by atoms with van der Waals surface area (Å²) in [4.78, 5) is 28.1. The lowest BCUT2D eigenvalue weighted by atomic mass is 10.0. The van der Waals surface area contributed by atoms with E-state index in [2.05, 4.69) is 38.9 Å². The first kappa shape index (κ1) is 19.5. The SMILES string of the molecule is CN1CCN(c2ccc3[nH]c(-c4cc(-c5ccc(CO)cc5)c[nH]c4=O)nc3c2)CC1. The quantitative estimate of drug-likeness (QED) is 0.477. The number of nitrogens with zero attached hydrogens (tertiary/aromatic N) is 3. The smallest absolute Gasteiger partial charge is 0.259 e. The van der Waals surface area contributed by atoms with Gasteiger partial charge in [-0.1, -0.05) is 24.3 Å². The number of H-pyrrole nitrogens is 2. The third-order valence-electron chi connectivity index (χ3n) is 5.96. The van der Waals surface area contributed by atoms with Crippen molar-refractivity contribution in [1.82, 2.24) is 19.9 Å². The minimum absolute atomic E-state index is 0.00620. The summed E-state index contributed by atoms with van der Waals surface area (Å²) < 4.78 is 0. The zero-order valence-electron chi connectivity index (χ0n) is 17.4. The van der Waals surface area contributed by atoms with Gasteiger partial charge in [-0.05, 0) is 48.0 Å². The van der Waals surface area contributed by atoms with Crippen LogP contribution in [0.4, 0.5) is 5.69 Å². The van der Waals surface area contributed by atoms with Crippen LogP contribution in [0.1, 0.15) is 5.56 Å². The number of aliphatic hydroxyl groups excluding tert-OH is 1. The molecule has 1 aliphatic heterocycles. The first-order valence-corrected chi connectivity index (χ1v) is 10.5. The number of hydrogen-bond acceptors (Lipinski definition) is 5. The van der Waals surface area contributed by atoms with Gasteiger partial charge in [0.25, 0.3) is 5.56 Å². The molecule has 31 heavy (non-hydrogen) atoms. The highest BCUT2D eigenvalue weighted by atomic mass is 16.3. The number of likely N-dealkylation sites (N-methyl/N-ethyl adjacent to an activating group) is 1. The van der Waals surface area contributed by atoms with Gasteiger partial charge in [0.15, 0.2) is 0 Å². The Balaban J connectivity index is 1.49. The van der Waals surface area contributed by atoms with Gasteiger partial charge in [-0.15, -0.1) is 0 Å². The van der Waals surface area contributed by atoms with Crippen LogP contribution in [0.2, 0.25) is 0 Å². The van der Waals surface area contributed by atoms with Crippen LogP contribution in [0, 0.1) is 0 Å². The number of aliphatic hydroxyl groups is 1. The third-order valence-corrected chi connectivity index (χ3v) is 5.96. The molecule has 3 N–H and O–H groups in total. The Hall–Kier alpha value is -3.42. The van der Waals surface area contributed by atoms with Crippen LogP contribution in [0.3, 0.4) is 0 Å². The molecule has 0 bridgehead atoms. The lowest BCUT2D eigenvalue weighted by Gasteiger charge is -2.34. The van der Waals surface area contributed by atoms with Crippen LogP contribution in [-0.4, -0.2) is 58.2 Å². The van der Waals surface area contributed by atoms with Gasteiger partial charge >= 0.3 is 0 Å². The van der Waals surface area contributed by atoms with Crippen molar-refractivity contribution >= 4 is 16.7 Å². The van der Waals surface area contributed by atoms with Crippen molar-refractivity contribution < 1.29 is 5.11 Å². The van der Waals surface area contributed by atoms with Gasteiger partial charge in [0, 0.05) is 38.1 Å². The minimum atomic E-state index is -0.186. The van der Waals surface area contributed by atoms with Gasteiger partial charge in [-0.3, -0.25) is 4.79 Å². The minimum Gasteiger partial charge on any atom is -0.392 e. The molecule has 0 aliphatic carbocycles. The summed E-state index contributed by atoms with van der Waals surface area (Å²) in [5.41, 5.74) is 5.93. The number of hydrogen-bond donors (Lipinski definition) is 3. The van der Waals surface area contributed by atoms with Crippen molar-refractivity contribution in [3.8, 4) is 22.5 Å². The number of piperazine rings is 1. The molecule has 158 valence electrons. The maximum absolute atomic E-state index is 12.6. The predicted molar refractivity (Wildman–Crippen MR) is 123 cm³/mol. The van der Waals surface area contributed by atoms with Gasteiger partial charge in [0.05, 0.1) is 23.2 Å². The number of aromatic nitrogens is 3. The summed E-state index contributed by atoms with van der Waals surface area (Å²) in [7, 11) is 2.15. The molecule has 1 aliphatic rings. The fourth-order valence-electron chi connectivity index (χ4n) is 4.01. The average molecular weight is 415 g/mol. The first-order valence-electron chi connectivity index (χ1n) is 10.5. The van der Waals surface area contributed by atoms with Crippen LogP contribution >= 0.6 is 0 Å². The van der Waals surface area contributed by atoms with Gasteiger partial charge < -0.3 is 24.9 Å². The Morgan fingerprint density at radius 1 is 1.00 bits per heavy atom. The van der Waals surface area contributed by atoms with Crippen LogP contribution in [0.15, 0.2) is 59.5 Å². The summed E-state index contributed by atoms with van der Waals surface area (Å²) >= 11 is 0. The molecule has 2 aromatic carbocycles. The van der Waals surface area contributed by atoms with E-state index >= 15 is 0 Å². The molecule has 4 aromatic rings. The van der Waals surface area contributed by atoms with Crippen molar-refractivity contribution in [1.29, 1.82) is 0 Å². The highest BCUT2D eigenvalue weighted by molar-refractivity contribution is 5.83. The number of anilines is 1. The number of rotatable bonds is 4. The molecule has 5 rings (SSSR count). The van der Waals surface area contributed by atoms with Crippen molar-refractivity contribution in [2.75, 3.05) is 38.1 Å². The maximum atomic E-state index is 12.6. The van der Waals surface area contributed by atoms with Gasteiger partial charge in [0.2, 0.25) is 0 Å². The Morgan fingerprint density at radius 2 is 1.77 bits per heavy atom. The predicted octanol–water partition coefficient (Wildman–Crippen LogP) is 2.83. The highest BCUT2D eigenvalue weighted by Crippen LogP contribution is 2.26. The van der Waals surface area contributed by atoms with Crippen molar-refractivity contribution in [3.05, 3.63) is 70.6 Å². The molecule has 1 fully saturated rings. The second kappa shape index (κ2) is 8.02. The summed E-state index contributed by atoms with van der Waals surface area (Å²) in [6, 6.07) is 15.7. The number of fused-ring (bicyclic) bond motifs is 1. The topological polar surface area (TPSA) is 88.2 Å². The van der Waals surface area contributed by atoms with Crippen LogP contribution < -0.4 is 10.5 Å². The molecule has 0 spiro atoms. The lowest BCUT2D eigenvalue weighted by Crippen LogP contribution is -2.44. The van der Waals surface area contributed by atoms with Crippen molar-refractivity contribution in [2.45, 2.75) is 6.61 Å². The fraction of sp³-hybridized carbons (Fsp3) is 0.250. The molecule has 0 amide bonds. The Morgan fingerprint density at radius 3 is 2.52 bits per heavy atom. The third kappa shape index (κ3) is 3.85.